The number of alkyl halides is 3. The Balaban J connectivity index is 2.28. The van der Waals surface area contributed by atoms with Crippen molar-refractivity contribution in [2.24, 2.45) is 10.9 Å². The summed E-state index contributed by atoms with van der Waals surface area (Å²) in [5.74, 6) is -2.68. The Bertz CT molecular complexity index is 910. The Kier molecular flexibility index (Phi) is 5.25. The first-order valence-electron chi connectivity index (χ1n) is 8.26. The monoisotopic (exact) mass is 398 g/mol. The van der Waals surface area contributed by atoms with Crippen LogP contribution in [0.25, 0.3) is 0 Å². The van der Waals surface area contributed by atoms with Gasteiger partial charge in [0.25, 0.3) is 0 Å². The van der Waals surface area contributed by atoms with Crippen molar-refractivity contribution in [1.82, 2.24) is 14.8 Å². The van der Waals surface area contributed by atoms with Gasteiger partial charge in [0, 0.05) is 5.56 Å². The molecule has 0 aliphatic carbocycles. The van der Waals surface area contributed by atoms with Crippen molar-refractivity contribution < 1.29 is 32.2 Å². The Morgan fingerprint density at radius 2 is 2.00 bits per heavy atom. The molecule has 0 saturated heterocycles. The van der Waals surface area contributed by atoms with E-state index in [1.165, 1.54) is 27.2 Å². The second-order valence-corrected chi connectivity index (χ2v) is 5.76. The molecule has 2 atom stereocenters. The predicted molar refractivity (Wildman–Crippen MR) is 91.0 cm³/mol. The first-order valence-corrected chi connectivity index (χ1v) is 8.26. The van der Waals surface area contributed by atoms with E-state index < -0.39 is 29.8 Å². The van der Waals surface area contributed by atoms with Gasteiger partial charge in [-0.2, -0.15) is 23.3 Å². The standard InChI is InChI=1S/C17H17F3N4O4/c1-4-28-15(25)11-12(9-6-5-7-10(26-2)13(9)27-3)24-16(21-8-22-24)23-14(11)17(18,19)20/h5-8,11-12H,4H2,1-3H3. The van der Waals surface area contributed by atoms with E-state index in [0.717, 1.165) is 11.0 Å². The van der Waals surface area contributed by atoms with Crippen molar-refractivity contribution in [1.29, 1.82) is 0 Å². The van der Waals surface area contributed by atoms with Crippen LogP contribution >= 0.6 is 0 Å². The molecule has 2 heterocycles. The summed E-state index contributed by atoms with van der Waals surface area (Å²) in [5.41, 5.74) is -1.05. The number of carbonyl (C=O) groups is 1. The average Bonchev–Trinajstić information content (AvgIpc) is 3.13. The summed E-state index contributed by atoms with van der Waals surface area (Å²) in [6, 6.07) is 3.46. The average molecular weight is 398 g/mol. The maximum Gasteiger partial charge on any atom is 0.430 e. The van der Waals surface area contributed by atoms with Gasteiger partial charge in [-0.15, -0.1) is 0 Å². The fourth-order valence-corrected chi connectivity index (χ4v) is 3.16. The molecule has 0 N–H and O–H groups in total. The lowest BCUT2D eigenvalue weighted by Gasteiger charge is -2.32. The molecule has 2 aromatic rings. The number of benzene rings is 1. The summed E-state index contributed by atoms with van der Waals surface area (Å²) in [5, 5.41) is 3.98. The van der Waals surface area contributed by atoms with Crippen LogP contribution in [-0.2, 0) is 9.53 Å². The third-order valence-electron chi connectivity index (χ3n) is 4.23. The van der Waals surface area contributed by atoms with Crippen molar-refractivity contribution in [3.63, 3.8) is 0 Å². The fourth-order valence-electron chi connectivity index (χ4n) is 3.16. The Hall–Kier alpha value is -3.11. The topological polar surface area (TPSA) is 87.8 Å². The van der Waals surface area contributed by atoms with Gasteiger partial charge in [0.2, 0.25) is 5.95 Å². The van der Waals surface area contributed by atoms with Gasteiger partial charge < -0.3 is 14.2 Å². The lowest BCUT2D eigenvalue weighted by Crippen LogP contribution is -2.44. The van der Waals surface area contributed by atoms with E-state index in [0.29, 0.717) is 5.75 Å². The minimum Gasteiger partial charge on any atom is -0.493 e. The van der Waals surface area contributed by atoms with Gasteiger partial charge in [-0.05, 0) is 13.0 Å². The highest BCUT2D eigenvalue weighted by Gasteiger charge is 2.52. The van der Waals surface area contributed by atoms with Gasteiger partial charge in [-0.1, -0.05) is 12.1 Å². The molecule has 1 aromatic carbocycles. The van der Waals surface area contributed by atoms with Crippen LogP contribution in [0.15, 0.2) is 29.5 Å². The number of methoxy groups -OCH3 is 2. The Morgan fingerprint density at radius 1 is 1.25 bits per heavy atom. The van der Waals surface area contributed by atoms with Crippen LogP contribution in [0.4, 0.5) is 19.1 Å². The molecule has 1 aliphatic heterocycles. The summed E-state index contributed by atoms with van der Waals surface area (Å²) >= 11 is 0. The predicted octanol–water partition coefficient (Wildman–Crippen LogP) is 2.71. The molecular weight excluding hydrogens is 381 g/mol. The number of esters is 1. The SMILES string of the molecule is CCOC(=O)C1C(C(F)(F)F)=Nc2ncnn2C1c1cccc(OC)c1OC. The van der Waals surface area contributed by atoms with Gasteiger partial charge >= 0.3 is 12.1 Å². The fraction of sp³-hybridized carbons (Fsp3) is 0.412. The van der Waals surface area contributed by atoms with Crippen LogP contribution in [0, 0.1) is 5.92 Å². The second kappa shape index (κ2) is 7.49. The zero-order valence-corrected chi connectivity index (χ0v) is 15.2. The van der Waals surface area contributed by atoms with Crippen molar-refractivity contribution in [2.75, 3.05) is 20.8 Å². The number of hydrogen-bond acceptors (Lipinski definition) is 7. The number of fused-ring (bicyclic) bond motifs is 1. The molecule has 1 aromatic heterocycles. The second-order valence-electron chi connectivity index (χ2n) is 5.76. The van der Waals surface area contributed by atoms with Gasteiger partial charge in [0.15, 0.2) is 11.5 Å². The quantitative estimate of drug-likeness (QED) is 0.720. The minimum absolute atomic E-state index is 0.0906. The molecule has 28 heavy (non-hydrogen) atoms. The van der Waals surface area contributed by atoms with Gasteiger partial charge in [-0.3, -0.25) is 4.79 Å². The van der Waals surface area contributed by atoms with Gasteiger partial charge in [-0.25, -0.2) is 9.67 Å². The lowest BCUT2D eigenvalue weighted by atomic mass is 9.86. The Labute approximate surface area is 157 Å². The number of carbonyl (C=O) groups excluding carboxylic acids is 1. The zero-order chi connectivity index (χ0) is 20.5. The summed E-state index contributed by atoms with van der Waals surface area (Å²) in [7, 11) is 2.75. The Morgan fingerprint density at radius 3 is 2.61 bits per heavy atom. The zero-order valence-electron chi connectivity index (χ0n) is 15.2. The van der Waals surface area contributed by atoms with Crippen LogP contribution in [0.3, 0.4) is 0 Å². The molecule has 0 bridgehead atoms. The first kappa shape index (κ1) is 19.6. The highest BCUT2D eigenvalue weighted by Crippen LogP contribution is 2.45. The third kappa shape index (κ3) is 3.27. The summed E-state index contributed by atoms with van der Waals surface area (Å²) in [6.45, 7) is 1.42. The van der Waals surface area contributed by atoms with Crippen LogP contribution < -0.4 is 9.47 Å². The van der Waals surface area contributed by atoms with Crippen LogP contribution in [0.1, 0.15) is 18.5 Å². The van der Waals surface area contributed by atoms with E-state index in [-0.39, 0.29) is 23.9 Å². The molecule has 2 unspecified atom stereocenters. The van der Waals surface area contributed by atoms with E-state index in [1.54, 1.807) is 12.1 Å². The molecule has 1 aliphatic rings. The van der Waals surface area contributed by atoms with E-state index in [4.69, 9.17) is 14.2 Å². The molecule has 0 spiro atoms. The number of halogens is 3. The number of para-hydroxylation sites is 1. The number of rotatable bonds is 5. The molecular formula is C17H17F3N4O4. The lowest BCUT2D eigenvalue weighted by molar-refractivity contribution is -0.148. The molecule has 150 valence electrons. The van der Waals surface area contributed by atoms with Gasteiger partial charge in [0.1, 0.15) is 24.0 Å². The van der Waals surface area contributed by atoms with Crippen LogP contribution in [0.2, 0.25) is 0 Å². The van der Waals surface area contributed by atoms with E-state index in [2.05, 4.69) is 15.1 Å². The van der Waals surface area contributed by atoms with E-state index >= 15 is 0 Å². The highest BCUT2D eigenvalue weighted by molar-refractivity contribution is 6.07. The first-order chi connectivity index (χ1) is 13.3. The third-order valence-corrected chi connectivity index (χ3v) is 4.23. The molecule has 8 nitrogen and oxygen atoms in total. The molecule has 0 amide bonds. The number of nitrogens with zero attached hydrogens (tertiary/aromatic N) is 4. The van der Waals surface area contributed by atoms with Crippen LogP contribution in [-0.4, -0.2) is 53.4 Å². The molecule has 0 radical (unpaired) electrons. The number of aromatic nitrogens is 3. The van der Waals surface area contributed by atoms with Crippen molar-refractivity contribution in [3.8, 4) is 11.5 Å². The smallest absolute Gasteiger partial charge is 0.430 e. The normalized spacial score (nSPS) is 18.9. The van der Waals surface area contributed by atoms with Crippen molar-refractivity contribution in [3.05, 3.63) is 30.1 Å². The number of hydrogen-bond donors (Lipinski definition) is 0. The summed E-state index contributed by atoms with van der Waals surface area (Å²) in [4.78, 5) is 19.9. The van der Waals surface area contributed by atoms with Gasteiger partial charge in [0.05, 0.1) is 20.8 Å². The van der Waals surface area contributed by atoms with E-state index in [9.17, 15) is 18.0 Å². The summed E-state index contributed by atoms with van der Waals surface area (Å²) < 4.78 is 57.9. The molecule has 3 rings (SSSR count). The van der Waals surface area contributed by atoms with E-state index in [1.807, 2.05) is 0 Å². The van der Waals surface area contributed by atoms with Crippen molar-refractivity contribution in [2.45, 2.75) is 19.1 Å². The largest absolute Gasteiger partial charge is 0.493 e. The van der Waals surface area contributed by atoms with Crippen LogP contribution in [0.5, 0.6) is 11.5 Å². The minimum atomic E-state index is -4.88. The van der Waals surface area contributed by atoms with Crippen molar-refractivity contribution >= 4 is 17.6 Å². The molecule has 0 saturated carbocycles. The number of ether oxygens (including phenoxy) is 3. The highest BCUT2D eigenvalue weighted by atomic mass is 19.4. The number of aliphatic imine (C=N–C) groups is 1. The maximum absolute atomic E-state index is 13.8. The molecule has 0 fully saturated rings. The summed E-state index contributed by atoms with van der Waals surface area (Å²) in [6.07, 6.45) is -3.81. The molecule has 11 heteroatoms. The maximum atomic E-state index is 13.8.